The van der Waals surface area contributed by atoms with Gasteiger partial charge in [-0.2, -0.15) is 0 Å². The van der Waals surface area contributed by atoms with Crippen LogP contribution >= 0.6 is 0 Å². The fourth-order valence-corrected chi connectivity index (χ4v) is 0.577. The molecule has 3 nitrogen and oxygen atoms in total. The Labute approximate surface area is 73.4 Å². The molecule has 70 valence electrons. The number of carbonyl (C=O) groups excluding carboxylic acids is 1. The number of hydrogen-bond acceptors (Lipinski definition) is 3. The maximum atomic E-state index is 10.7. The Morgan fingerprint density at radius 3 is 2.58 bits per heavy atom. The Balaban J connectivity index is 3.38. The van der Waals surface area contributed by atoms with Gasteiger partial charge in [-0.05, 0) is 20.3 Å². The zero-order valence-corrected chi connectivity index (χ0v) is 7.87. The molecule has 0 aliphatic rings. The summed E-state index contributed by atoms with van der Waals surface area (Å²) < 4.78 is 9.44. The SMILES string of the molecule is CC/C=C\COC(=O)OC(C)C. The summed E-state index contributed by atoms with van der Waals surface area (Å²) >= 11 is 0. The lowest BCUT2D eigenvalue weighted by atomic mass is 10.4. The summed E-state index contributed by atoms with van der Waals surface area (Å²) in [5.41, 5.74) is 0. The van der Waals surface area contributed by atoms with Gasteiger partial charge in [0.1, 0.15) is 6.61 Å². The van der Waals surface area contributed by atoms with Crippen LogP contribution in [0.1, 0.15) is 27.2 Å². The number of allylic oxidation sites excluding steroid dienone is 1. The van der Waals surface area contributed by atoms with Gasteiger partial charge < -0.3 is 9.47 Å². The van der Waals surface area contributed by atoms with E-state index in [1.165, 1.54) is 0 Å². The highest BCUT2D eigenvalue weighted by Crippen LogP contribution is 1.92. The number of rotatable bonds is 4. The van der Waals surface area contributed by atoms with E-state index >= 15 is 0 Å². The van der Waals surface area contributed by atoms with Crippen LogP contribution in [0, 0.1) is 0 Å². The van der Waals surface area contributed by atoms with Crippen LogP contribution in [0.15, 0.2) is 12.2 Å². The first-order valence-electron chi connectivity index (χ1n) is 4.15. The molecule has 0 atom stereocenters. The van der Waals surface area contributed by atoms with Crippen LogP contribution in [0.2, 0.25) is 0 Å². The predicted octanol–water partition coefficient (Wildman–Crippen LogP) is 2.51. The first-order valence-corrected chi connectivity index (χ1v) is 4.15. The highest BCUT2D eigenvalue weighted by molar-refractivity contribution is 5.60. The topological polar surface area (TPSA) is 35.5 Å². The van der Waals surface area contributed by atoms with Gasteiger partial charge in [0, 0.05) is 0 Å². The Morgan fingerprint density at radius 2 is 2.08 bits per heavy atom. The van der Waals surface area contributed by atoms with Gasteiger partial charge in [-0.25, -0.2) is 4.79 Å². The average molecular weight is 172 g/mol. The van der Waals surface area contributed by atoms with Crippen molar-refractivity contribution in [3.05, 3.63) is 12.2 Å². The van der Waals surface area contributed by atoms with E-state index in [1.807, 2.05) is 13.0 Å². The molecule has 0 saturated carbocycles. The molecule has 0 rings (SSSR count). The first-order chi connectivity index (χ1) is 5.66. The van der Waals surface area contributed by atoms with Crippen LogP contribution in [0.5, 0.6) is 0 Å². The second-order valence-corrected chi connectivity index (χ2v) is 2.61. The van der Waals surface area contributed by atoms with Crippen LogP contribution in [0.3, 0.4) is 0 Å². The molecule has 0 spiro atoms. The largest absolute Gasteiger partial charge is 0.508 e. The molecular formula is C9H16O3. The lowest BCUT2D eigenvalue weighted by Crippen LogP contribution is -2.12. The summed E-state index contributed by atoms with van der Waals surface area (Å²) in [5, 5.41) is 0. The van der Waals surface area contributed by atoms with Gasteiger partial charge in [0.2, 0.25) is 0 Å². The standard InChI is InChI=1S/C9H16O3/c1-4-5-6-7-11-9(10)12-8(2)3/h5-6,8H,4,7H2,1-3H3/b6-5-. The molecule has 0 aliphatic carbocycles. The Hall–Kier alpha value is -0.990. The summed E-state index contributed by atoms with van der Waals surface area (Å²) in [5.74, 6) is 0. The second kappa shape index (κ2) is 6.70. The Bertz CT molecular complexity index is 150. The summed E-state index contributed by atoms with van der Waals surface area (Å²) in [6.07, 6.45) is 3.95. The lowest BCUT2D eigenvalue weighted by molar-refractivity contribution is 0.0414. The van der Waals surface area contributed by atoms with Crippen molar-refractivity contribution in [3.63, 3.8) is 0 Å². The van der Waals surface area contributed by atoms with E-state index in [1.54, 1.807) is 19.9 Å². The van der Waals surface area contributed by atoms with Gasteiger partial charge in [0.15, 0.2) is 0 Å². The quantitative estimate of drug-likeness (QED) is 0.483. The van der Waals surface area contributed by atoms with Crippen molar-refractivity contribution >= 4 is 6.16 Å². The van der Waals surface area contributed by atoms with Crippen molar-refractivity contribution in [1.82, 2.24) is 0 Å². The minimum Gasteiger partial charge on any atom is -0.432 e. The van der Waals surface area contributed by atoms with E-state index in [-0.39, 0.29) is 6.10 Å². The van der Waals surface area contributed by atoms with Crippen molar-refractivity contribution in [1.29, 1.82) is 0 Å². The minimum absolute atomic E-state index is 0.118. The van der Waals surface area contributed by atoms with Crippen molar-refractivity contribution in [2.75, 3.05) is 6.61 Å². The van der Waals surface area contributed by atoms with E-state index in [9.17, 15) is 4.79 Å². The maximum Gasteiger partial charge on any atom is 0.508 e. The van der Waals surface area contributed by atoms with Gasteiger partial charge in [0.05, 0.1) is 6.10 Å². The molecule has 0 bridgehead atoms. The molecule has 0 unspecified atom stereocenters. The lowest BCUT2D eigenvalue weighted by Gasteiger charge is -2.06. The van der Waals surface area contributed by atoms with Crippen molar-refractivity contribution in [2.45, 2.75) is 33.3 Å². The average Bonchev–Trinajstić information content (AvgIpc) is 1.97. The van der Waals surface area contributed by atoms with Gasteiger partial charge >= 0.3 is 6.16 Å². The van der Waals surface area contributed by atoms with E-state index in [2.05, 4.69) is 0 Å². The zero-order chi connectivity index (χ0) is 9.40. The van der Waals surface area contributed by atoms with Crippen LogP contribution in [0.25, 0.3) is 0 Å². The third kappa shape index (κ3) is 7.12. The third-order valence-electron chi connectivity index (χ3n) is 1.03. The molecule has 0 heterocycles. The summed E-state index contributed by atoms with van der Waals surface area (Å²) in [7, 11) is 0. The Kier molecular flexibility index (Phi) is 6.15. The smallest absolute Gasteiger partial charge is 0.432 e. The van der Waals surface area contributed by atoms with Crippen LogP contribution in [-0.2, 0) is 9.47 Å². The van der Waals surface area contributed by atoms with Crippen LogP contribution < -0.4 is 0 Å². The van der Waals surface area contributed by atoms with Gasteiger partial charge in [-0.15, -0.1) is 0 Å². The van der Waals surface area contributed by atoms with E-state index in [4.69, 9.17) is 9.47 Å². The zero-order valence-electron chi connectivity index (χ0n) is 7.87. The molecule has 0 fully saturated rings. The molecule has 0 N–H and O–H groups in total. The van der Waals surface area contributed by atoms with Gasteiger partial charge in [-0.3, -0.25) is 0 Å². The van der Waals surface area contributed by atoms with Gasteiger partial charge in [0.25, 0.3) is 0 Å². The number of hydrogen-bond donors (Lipinski definition) is 0. The molecular weight excluding hydrogens is 156 g/mol. The Morgan fingerprint density at radius 1 is 1.42 bits per heavy atom. The minimum atomic E-state index is -0.606. The second-order valence-electron chi connectivity index (χ2n) is 2.61. The normalized spacial score (nSPS) is 10.7. The summed E-state index contributed by atoms with van der Waals surface area (Å²) in [4.78, 5) is 10.7. The molecule has 12 heavy (non-hydrogen) atoms. The van der Waals surface area contributed by atoms with E-state index < -0.39 is 6.16 Å². The van der Waals surface area contributed by atoms with Crippen molar-refractivity contribution < 1.29 is 14.3 Å². The monoisotopic (exact) mass is 172 g/mol. The third-order valence-corrected chi connectivity index (χ3v) is 1.03. The highest BCUT2D eigenvalue weighted by atomic mass is 16.7. The fourth-order valence-electron chi connectivity index (χ4n) is 0.577. The van der Waals surface area contributed by atoms with Gasteiger partial charge in [-0.1, -0.05) is 19.1 Å². The van der Waals surface area contributed by atoms with Crippen molar-refractivity contribution in [2.24, 2.45) is 0 Å². The molecule has 0 aromatic carbocycles. The number of ether oxygens (including phenoxy) is 2. The molecule has 0 aliphatic heterocycles. The maximum absolute atomic E-state index is 10.7. The number of carbonyl (C=O) groups is 1. The van der Waals surface area contributed by atoms with Crippen molar-refractivity contribution in [3.8, 4) is 0 Å². The molecule has 0 aromatic heterocycles. The molecule has 0 saturated heterocycles. The van der Waals surface area contributed by atoms with Crippen LogP contribution in [-0.4, -0.2) is 18.9 Å². The molecule has 0 aromatic rings. The first kappa shape index (κ1) is 11.0. The molecule has 0 radical (unpaired) electrons. The van der Waals surface area contributed by atoms with E-state index in [0.717, 1.165) is 6.42 Å². The van der Waals surface area contributed by atoms with Crippen LogP contribution in [0.4, 0.5) is 4.79 Å². The fraction of sp³-hybridized carbons (Fsp3) is 0.667. The highest BCUT2D eigenvalue weighted by Gasteiger charge is 2.03. The molecule has 3 heteroatoms. The van der Waals surface area contributed by atoms with E-state index in [0.29, 0.717) is 6.61 Å². The molecule has 0 amide bonds. The predicted molar refractivity (Wildman–Crippen MR) is 47.0 cm³/mol. The summed E-state index contributed by atoms with van der Waals surface area (Å²) in [6.45, 7) is 5.87. The summed E-state index contributed by atoms with van der Waals surface area (Å²) in [6, 6.07) is 0.